The Bertz CT molecular complexity index is 1180. The van der Waals surface area contributed by atoms with E-state index in [1.165, 1.54) is 0 Å². The van der Waals surface area contributed by atoms with E-state index in [9.17, 15) is 8.76 Å². The molecule has 1 atom stereocenters. The van der Waals surface area contributed by atoms with Crippen molar-refractivity contribution in [1.29, 1.82) is 0 Å². The summed E-state index contributed by atoms with van der Waals surface area (Å²) in [7, 11) is 0. The molecule has 33 heteroatoms. The normalized spacial score (nSPS) is 17.7. The number of hydrogen-bond acceptors (Lipinski definition) is 3. The van der Waals surface area contributed by atoms with Crippen LogP contribution in [0.25, 0.3) is 0 Å². The Labute approximate surface area is 414 Å². The fraction of sp³-hybridized carbons (Fsp3) is 1.00. The van der Waals surface area contributed by atoms with Gasteiger partial charge in [-0.25, -0.2) is 4.21 Å². The summed E-state index contributed by atoms with van der Waals surface area (Å²) in [5.41, 5.74) is 0. The molecule has 0 saturated carbocycles. The average Bonchev–Trinajstić information content (AvgIpc) is 2.80. The minimum Gasteiger partial charge on any atom is -0.750 e. The second kappa shape index (κ2) is 16.7. The molecule has 0 aromatic heterocycles. The van der Waals surface area contributed by atoms with Gasteiger partial charge in [-0.05, 0) is 0 Å². The van der Waals surface area contributed by atoms with Crippen LogP contribution >= 0.6 is 336 Å². The summed E-state index contributed by atoms with van der Waals surface area (Å²) < 4.78 is -21.4. The quantitative estimate of drug-likeness (QED) is 0.129. The molecule has 0 amide bonds. The fourth-order valence-electron chi connectivity index (χ4n) is 2.47. The van der Waals surface area contributed by atoms with Gasteiger partial charge in [0.05, 0.1) is 11.4 Å². The Morgan fingerprint density at radius 1 is 0.298 bits per heavy atom. The van der Waals surface area contributed by atoms with E-state index in [2.05, 4.69) is 4.18 Å². The molecule has 0 heterocycles. The zero-order chi connectivity index (χ0) is 39.3. The molecule has 0 aromatic carbocycles. The fourth-order valence-corrected chi connectivity index (χ4v) is 12.6. The second-order valence-electron chi connectivity index (χ2n) is 8.19. The molecule has 3 nitrogen and oxygen atoms in total. The maximum atomic E-state index is 11.1. The summed E-state index contributed by atoms with van der Waals surface area (Å²) in [4.78, 5) is 0. The van der Waals surface area contributed by atoms with Crippen molar-refractivity contribution in [3.05, 3.63) is 0 Å². The van der Waals surface area contributed by atoms with E-state index in [4.69, 9.17) is 336 Å². The summed E-state index contributed by atoms with van der Waals surface area (Å²) in [5.74, 6) is 0. The first-order chi connectivity index (χ1) is 19.7. The van der Waals surface area contributed by atoms with Crippen molar-refractivity contribution in [3.63, 3.8) is 0 Å². The van der Waals surface area contributed by atoms with Crippen molar-refractivity contribution in [3.8, 4) is 0 Å². The molecule has 0 bridgehead atoms. The lowest BCUT2D eigenvalue weighted by atomic mass is 9.98. The van der Waals surface area contributed by atoms with Crippen LogP contribution in [-0.4, -0.2) is 69.1 Å². The Morgan fingerprint density at radius 2 is 0.447 bits per heavy atom. The lowest BCUT2D eigenvalue weighted by Crippen LogP contribution is -2.75. The van der Waals surface area contributed by atoms with Crippen LogP contribution in [-0.2, 0) is 15.5 Å². The molecule has 0 aliphatic carbocycles. The SMILES string of the molecule is O=S([O-])OC(Cl)(Cl)C(Cl)(Cl)C(Cl)(Cl)C(Cl)(Cl)C(Cl)(Cl)C(Cl)(Cl)C(Cl)(Cl)C(Cl)(Cl)C(Cl)(Cl)C(Cl)(Cl)C(Cl)(Cl)C(Cl)(Cl)C(Cl)(Cl)C(Cl)(Cl)Cl. The number of halogens is 29. The van der Waals surface area contributed by atoms with Gasteiger partial charge in [0.2, 0.25) is 12.5 Å². The Kier molecular flexibility index (Phi) is 19.8. The van der Waals surface area contributed by atoms with E-state index in [1.54, 1.807) is 0 Å². The third-order valence-electron chi connectivity index (χ3n) is 5.23. The maximum absolute atomic E-state index is 11.1. The van der Waals surface area contributed by atoms with E-state index >= 15 is 0 Å². The first kappa shape index (κ1) is 55.5. The summed E-state index contributed by atoms with van der Waals surface area (Å²) >= 11 is 177. The van der Waals surface area contributed by atoms with E-state index in [1.807, 2.05) is 0 Å². The third-order valence-corrected chi connectivity index (χ3v) is 26.2. The molecular weight excluding hydrogens is 1280 g/mol. The van der Waals surface area contributed by atoms with Crippen LogP contribution in [0.15, 0.2) is 0 Å². The summed E-state index contributed by atoms with van der Waals surface area (Å²) in [6.07, 6.45) is 0. The van der Waals surface area contributed by atoms with Crippen molar-refractivity contribution < 1.29 is 12.9 Å². The zero-order valence-electron chi connectivity index (χ0n) is 19.6. The largest absolute Gasteiger partial charge is 0.750 e. The van der Waals surface area contributed by atoms with Gasteiger partial charge in [0, 0.05) is 0 Å². The first-order valence-corrected chi connectivity index (χ1v) is 21.4. The summed E-state index contributed by atoms with van der Waals surface area (Å²) in [5, 5.41) is 0. The number of hydrogen-bond donors (Lipinski definition) is 0. The van der Waals surface area contributed by atoms with E-state index < -0.39 is 71.7 Å². The molecule has 0 radical (unpaired) electrons. The predicted octanol–water partition coefficient (Wildman–Crippen LogP) is 16.4. The van der Waals surface area contributed by atoms with Crippen LogP contribution in [0.2, 0.25) is 0 Å². The van der Waals surface area contributed by atoms with Crippen LogP contribution in [0.4, 0.5) is 0 Å². The molecule has 0 rings (SSSR count). The van der Waals surface area contributed by atoms with Gasteiger partial charge in [-0.15, -0.1) is 0 Å². The minimum absolute atomic E-state index is 2.84. The summed E-state index contributed by atoms with van der Waals surface area (Å²) in [6.45, 7) is 0. The molecule has 284 valence electrons. The van der Waals surface area contributed by atoms with Crippen LogP contribution in [0.5, 0.6) is 0 Å². The van der Waals surface area contributed by atoms with Crippen molar-refractivity contribution in [2.75, 3.05) is 0 Å². The van der Waals surface area contributed by atoms with Gasteiger partial charge in [-0.1, -0.05) is 336 Å². The highest BCUT2D eigenvalue weighted by Crippen LogP contribution is 2.77. The highest BCUT2D eigenvalue weighted by Gasteiger charge is 2.86. The van der Waals surface area contributed by atoms with Crippen molar-refractivity contribution in [2.45, 2.75) is 60.3 Å². The van der Waals surface area contributed by atoms with Crippen LogP contribution in [0, 0.1) is 0 Å². The maximum Gasteiger partial charge on any atom is 0.267 e. The van der Waals surface area contributed by atoms with Gasteiger partial charge in [-0.3, -0.25) is 4.18 Å². The van der Waals surface area contributed by atoms with Crippen molar-refractivity contribution in [1.82, 2.24) is 0 Å². The Hall–Kier alpha value is 8.48. The summed E-state index contributed by atoms with van der Waals surface area (Å²) in [6, 6.07) is 0. The monoisotopic (exact) mass is 1260 g/mol. The molecule has 0 aliphatic rings. The lowest BCUT2D eigenvalue weighted by molar-refractivity contribution is 0.205. The molecule has 47 heavy (non-hydrogen) atoms. The standard InChI is InChI=1S/C14HCl29O3S/c15-1(16,3(19,20)5(23,24)7(27,28)9(31,32)11(35,36)13(39,40)41)2(17,18)4(21,22)6(25,26)8(29,30)10(33,34)12(37,38)14(42,43)46-47(44)45/h(H,44,45)/p-1. The molecule has 0 spiro atoms. The van der Waals surface area contributed by atoms with Gasteiger partial charge in [0.15, 0.2) is 43.3 Å². The first-order valence-electron chi connectivity index (χ1n) is 9.43. The van der Waals surface area contributed by atoms with Crippen LogP contribution in [0.3, 0.4) is 0 Å². The molecule has 0 aliphatic heterocycles. The topological polar surface area (TPSA) is 49.4 Å². The zero-order valence-corrected chi connectivity index (χ0v) is 42.3. The van der Waals surface area contributed by atoms with E-state index in [-0.39, 0.29) is 0 Å². The molecule has 0 saturated heterocycles. The molecule has 0 aromatic rings. The molecule has 0 fully saturated rings. The predicted molar refractivity (Wildman–Crippen MR) is 218 cm³/mol. The second-order valence-corrected chi connectivity index (χ2v) is 28.2. The van der Waals surface area contributed by atoms with Crippen molar-refractivity contribution in [2.24, 2.45) is 0 Å². The smallest absolute Gasteiger partial charge is 0.267 e. The Morgan fingerprint density at radius 3 is 0.596 bits per heavy atom. The van der Waals surface area contributed by atoms with Gasteiger partial charge in [0.1, 0.15) is 0 Å². The van der Waals surface area contributed by atoms with Crippen LogP contribution < -0.4 is 0 Å². The van der Waals surface area contributed by atoms with Gasteiger partial charge in [-0.2, -0.15) is 0 Å². The third kappa shape index (κ3) is 8.81. The van der Waals surface area contributed by atoms with Crippen LogP contribution in [0.1, 0.15) is 0 Å². The minimum atomic E-state index is -3.61. The average molecular weight is 1280 g/mol. The van der Waals surface area contributed by atoms with E-state index in [0.717, 1.165) is 0 Å². The molecule has 0 N–H and O–H groups in total. The molecule has 1 unspecified atom stereocenters. The number of alkyl halides is 29. The highest BCUT2D eigenvalue weighted by molar-refractivity contribution is 7.74. The lowest BCUT2D eigenvalue weighted by Gasteiger charge is -2.58. The van der Waals surface area contributed by atoms with Gasteiger partial charge < -0.3 is 4.55 Å². The Balaban J connectivity index is 7.55. The molecular formula is C14Cl29O3S-. The van der Waals surface area contributed by atoms with Crippen molar-refractivity contribution >= 4 is 348 Å². The van der Waals surface area contributed by atoms with Gasteiger partial charge >= 0.3 is 0 Å². The van der Waals surface area contributed by atoms with E-state index in [0.29, 0.717) is 0 Å². The highest BCUT2D eigenvalue weighted by atomic mass is 35.6. The van der Waals surface area contributed by atoms with Gasteiger partial charge in [0.25, 0.3) is 4.52 Å². The number of rotatable bonds is 14.